The number of ether oxygens (including phenoxy) is 1. The van der Waals surface area contributed by atoms with Crippen LogP contribution in [-0.2, 0) is 4.79 Å². The Morgan fingerprint density at radius 2 is 2.07 bits per heavy atom. The first-order valence-electron chi connectivity index (χ1n) is 9.43. The number of amides is 1. The summed E-state index contributed by atoms with van der Waals surface area (Å²) in [6.45, 7) is 4.64. The van der Waals surface area contributed by atoms with E-state index in [1.165, 1.54) is 0 Å². The summed E-state index contributed by atoms with van der Waals surface area (Å²) in [5.74, 6) is 1.60. The molecule has 4 rings (SSSR count). The standard InChI is InChI=1S/C22H24N2O3/c1-14(2)22(25)24-12-6-8-18(24)21-23-17-13-15(10-11-20(17)27-21)16-7-4-5-9-19(16)26-3/h4-5,7,9-11,13-14,18H,6,8,12H2,1-3H3/t18-/m1/s1. The molecule has 2 heterocycles. The molecule has 0 saturated carbocycles. The zero-order chi connectivity index (χ0) is 19.0. The average Bonchev–Trinajstić information content (AvgIpc) is 3.33. The second-order valence-corrected chi connectivity index (χ2v) is 7.28. The smallest absolute Gasteiger partial charge is 0.225 e. The molecular formula is C22H24N2O3. The molecule has 1 fully saturated rings. The highest BCUT2D eigenvalue weighted by Gasteiger charge is 2.34. The van der Waals surface area contributed by atoms with Crippen molar-refractivity contribution in [1.82, 2.24) is 9.88 Å². The fourth-order valence-corrected chi connectivity index (χ4v) is 3.76. The Labute approximate surface area is 158 Å². The maximum Gasteiger partial charge on any atom is 0.225 e. The van der Waals surface area contributed by atoms with Gasteiger partial charge in [-0.2, -0.15) is 0 Å². The van der Waals surface area contributed by atoms with Gasteiger partial charge in [0.2, 0.25) is 11.8 Å². The number of likely N-dealkylation sites (tertiary alicyclic amines) is 1. The van der Waals surface area contributed by atoms with Crippen molar-refractivity contribution in [2.75, 3.05) is 13.7 Å². The van der Waals surface area contributed by atoms with Gasteiger partial charge in [0, 0.05) is 18.0 Å². The molecule has 0 radical (unpaired) electrons. The van der Waals surface area contributed by atoms with Crippen LogP contribution in [0.15, 0.2) is 46.9 Å². The van der Waals surface area contributed by atoms with Crippen LogP contribution in [0.4, 0.5) is 0 Å². The molecule has 5 heteroatoms. The van der Waals surface area contributed by atoms with Crippen molar-refractivity contribution < 1.29 is 13.9 Å². The maximum atomic E-state index is 12.5. The Balaban J connectivity index is 1.70. The van der Waals surface area contributed by atoms with Crippen molar-refractivity contribution >= 4 is 17.0 Å². The summed E-state index contributed by atoms with van der Waals surface area (Å²) >= 11 is 0. The van der Waals surface area contributed by atoms with Gasteiger partial charge in [-0.15, -0.1) is 0 Å². The number of oxazole rings is 1. The molecule has 0 spiro atoms. The largest absolute Gasteiger partial charge is 0.496 e. The lowest BCUT2D eigenvalue weighted by molar-refractivity contribution is -0.135. The molecule has 1 saturated heterocycles. The molecule has 1 atom stereocenters. The fourth-order valence-electron chi connectivity index (χ4n) is 3.76. The van der Waals surface area contributed by atoms with Gasteiger partial charge in [-0.25, -0.2) is 4.98 Å². The SMILES string of the molecule is COc1ccccc1-c1ccc2oc([C@H]3CCCN3C(=O)C(C)C)nc2c1. The van der Waals surface area contributed by atoms with Crippen LogP contribution in [0.5, 0.6) is 5.75 Å². The van der Waals surface area contributed by atoms with E-state index in [9.17, 15) is 4.79 Å². The minimum absolute atomic E-state index is 0.0212. The van der Waals surface area contributed by atoms with Gasteiger partial charge in [0.15, 0.2) is 5.58 Å². The molecule has 1 amide bonds. The number of nitrogens with zero attached hydrogens (tertiary/aromatic N) is 2. The zero-order valence-corrected chi connectivity index (χ0v) is 15.9. The average molecular weight is 364 g/mol. The molecule has 5 nitrogen and oxygen atoms in total. The van der Waals surface area contributed by atoms with E-state index in [0.29, 0.717) is 5.89 Å². The lowest BCUT2D eigenvalue weighted by Crippen LogP contribution is -2.33. The highest BCUT2D eigenvalue weighted by atomic mass is 16.5. The molecule has 1 aliphatic rings. The fraction of sp³-hybridized carbons (Fsp3) is 0.364. The Morgan fingerprint density at radius 3 is 2.85 bits per heavy atom. The number of para-hydroxylation sites is 1. The summed E-state index contributed by atoms with van der Waals surface area (Å²) in [6.07, 6.45) is 1.87. The Morgan fingerprint density at radius 1 is 1.26 bits per heavy atom. The van der Waals surface area contributed by atoms with Crippen LogP contribution in [0.25, 0.3) is 22.2 Å². The Bertz CT molecular complexity index is 977. The van der Waals surface area contributed by atoms with Gasteiger partial charge in [0.25, 0.3) is 0 Å². The van der Waals surface area contributed by atoms with E-state index in [1.807, 2.05) is 61.2 Å². The summed E-state index contributed by atoms with van der Waals surface area (Å²) in [6, 6.07) is 13.8. The van der Waals surface area contributed by atoms with Crippen LogP contribution >= 0.6 is 0 Å². The number of hydrogen-bond acceptors (Lipinski definition) is 4. The van der Waals surface area contributed by atoms with E-state index in [4.69, 9.17) is 14.1 Å². The van der Waals surface area contributed by atoms with Crippen molar-refractivity contribution in [2.45, 2.75) is 32.7 Å². The predicted molar refractivity (Wildman–Crippen MR) is 105 cm³/mol. The van der Waals surface area contributed by atoms with Gasteiger partial charge >= 0.3 is 0 Å². The van der Waals surface area contributed by atoms with Gasteiger partial charge in [-0.1, -0.05) is 38.1 Å². The lowest BCUT2D eigenvalue weighted by Gasteiger charge is -2.24. The summed E-state index contributed by atoms with van der Waals surface area (Å²) in [5, 5.41) is 0. The van der Waals surface area contributed by atoms with Crippen molar-refractivity contribution in [3.8, 4) is 16.9 Å². The maximum absolute atomic E-state index is 12.5. The third kappa shape index (κ3) is 3.18. The monoisotopic (exact) mass is 364 g/mol. The van der Waals surface area contributed by atoms with E-state index in [1.54, 1.807) is 7.11 Å². The number of rotatable bonds is 4. The normalized spacial score (nSPS) is 17.0. The molecule has 0 aliphatic carbocycles. The van der Waals surface area contributed by atoms with Gasteiger partial charge in [-0.3, -0.25) is 4.79 Å². The van der Waals surface area contributed by atoms with Crippen LogP contribution in [0.3, 0.4) is 0 Å². The van der Waals surface area contributed by atoms with E-state index in [0.717, 1.165) is 47.4 Å². The molecule has 1 aromatic heterocycles. The number of carbonyl (C=O) groups is 1. The van der Waals surface area contributed by atoms with Gasteiger partial charge in [0.05, 0.1) is 7.11 Å². The minimum Gasteiger partial charge on any atom is -0.496 e. The quantitative estimate of drug-likeness (QED) is 0.666. The number of hydrogen-bond donors (Lipinski definition) is 0. The second kappa shape index (κ2) is 7.06. The Hall–Kier alpha value is -2.82. The van der Waals surface area contributed by atoms with Crippen LogP contribution in [0.1, 0.15) is 38.6 Å². The minimum atomic E-state index is -0.0676. The van der Waals surface area contributed by atoms with Gasteiger partial charge in [-0.05, 0) is 36.6 Å². The number of aromatic nitrogens is 1. The third-order valence-electron chi connectivity index (χ3n) is 5.14. The first kappa shape index (κ1) is 17.6. The van der Waals surface area contributed by atoms with E-state index < -0.39 is 0 Å². The second-order valence-electron chi connectivity index (χ2n) is 7.28. The van der Waals surface area contributed by atoms with E-state index in [2.05, 4.69) is 0 Å². The van der Waals surface area contributed by atoms with Crippen molar-refractivity contribution in [3.05, 3.63) is 48.4 Å². The molecule has 0 unspecified atom stereocenters. The van der Waals surface area contributed by atoms with Crippen LogP contribution < -0.4 is 4.74 Å². The van der Waals surface area contributed by atoms with Crippen LogP contribution in [-0.4, -0.2) is 29.4 Å². The first-order chi connectivity index (χ1) is 13.1. The van der Waals surface area contributed by atoms with Crippen molar-refractivity contribution in [3.63, 3.8) is 0 Å². The summed E-state index contributed by atoms with van der Waals surface area (Å²) < 4.78 is 11.5. The topological polar surface area (TPSA) is 55.6 Å². The van der Waals surface area contributed by atoms with Crippen LogP contribution in [0.2, 0.25) is 0 Å². The molecule has 2 aromatic carbocycles. The van der Waals surface area contributed by atoms with Crippen molar-refractivity contribution in [2.24, 2.45) is 5.92 Å². The number of carbonyl (C=O) groups excluding carboxylic acids is 1. The summed E-state index contributed by atoms with van der Waals surface area (Å²) in [7, 11) is 1.67. The lowest BCUT2D eigenvalue weighted by atomic mass is 10.0. The van der Waals surface area contributed by atoms with Gasteiger partial charge in [0.1, 0.15) is 17.3 Å². The van der Waals surface area contributed by atoms with Gasteiger partial charge < -0.3 is 14.1 Å². The highest BCUT2D eigenvalue weighted by Crippen LogP contribution is 2.36. The highest BCUT2D eigenvalue weighted by molar-refractivity contribution is 5.83. The van der Waals surface area contributed by atoms with Crippen LogP contribution in [0, 0.1) is 5.92 Å². The number of fused-ring (bicyclic) bond motifs is 1. The molecule has 140 valence electrons. The predicted octanol–water partition coefficient (Wildman–Crippen LogP) is 4.82. The third-order valence-corrected chi connectivity index (χ3v) is 5.14. The molecular weight excluding hydrogens is 340 g/mol. The Kier molecular flexibility index (Phi) is 4.60. The van der Waals surface area contributed by atoms with E-state index >= 15 is 0 Å². The molecule has 3 aromatic rings. The molecule has 1 aliphatic heterocycles. The zero-order valence-electron chi connectivity index (χ0n) is 15.9. The van der Waals surface area contributed by atoms with E-state index in [-0.39, 0.29) is 17.9 Å². The molecule has 27 heavy (non-hydrogen) atoms. The molecule has 0 N–H and O–H groups in total. The number of methoxy groups -OCH3 is 1. The molecule has 0 bridgehead atoms. The van der Waals surface area contributed by atoms with Crippen molar-refractivity contribution in [1.29, 1.82) is 0 Å². The first-order valence-corrected chi connectivity index (χ1v) is 9.43. The number of benzene rings is 2. The summed E-state index contributed by atoms with van der Waals surface area (Å²) in [5.41, 5.74) is 3.59. The summed E-state index contributed by atoms with van der Waals surface area (Å²) in [4.78, 5) is 19.1.